The van der Waals surface area contributed by atoms with Gasteiger partial charge in [-0.1, -0.05) is 20.8 Å². The molecule has 114 valence electrons. The van der Waals surface area contributed by atoms with Gasteiger partial charge in [-0.15, -0.1) is 0 Å². The highest BCUT2D eigenvalue weighted by Gasteiger charge is 2.29. The van der Waals surface area contributed by atoms with Gasteiger partial charge in [-0.25, -0.2) is 0 Å². The minimum Gasteiger partial charge on any atom is -0.326 e. The summed E-state index contributed by atoms with van der Waals surface area (Å²) in [7, 11) is 0. The molecule has 5 heteroatoms. The van der Waals surface area contributed by atoms with Gasteiger partial charge in [0.1, 0.15) is 0 Å². The molecule has 2 amide bonds. The summed E-state index contributed by atoms with van der Waals surface area (Å²) in [5.41, 5.74) is 7.03. The number of carbonyl (C=O) groups excluding carboxylic acids is 2. The van der Waals surface area contributed by atoms with E-state index in [0.717, 1.165) is 18.5 Å². The van der Waals surface area contributed by atoms with E-state index < -0.39 is 6.04 Å². The maximum Gasteiger partial charge on any atom is 0.241 e. The molecule has 1 aromatic carbocycles. The van der Waals surface area contributed by atoms with Crippen LogP contribution in [0.4, 0.5) is 11.4 Å². The molecular formula is C16H23N3O2. The van der Waals surface area contributed by atoms with E-state index in [1.807, 2.05) is 20.8 Å². The normalized spacial score (nSPS) is 16.2. The number of hydrogen-bond donors (Lipinski definition) is 3. The van der Waals surface area contributed by atoms with Gasteiger partial charge in [0.15, 0.2) is 0 Å². The van der Waals surface area contributed by atoms with E-state index in [0.29, 0.717) is 5.69 Å². The number of amides is 2. The lowest BCUT2D eigenvalue weighted by Gasteiger charge is -2.25. The SMILES string of the molecule is CC(C)(C)[C@@H](N)C(=O)Nc1ccc(NC(=O)C2CC2)cc1. The molecule has 1 aromatic rings. The second-order valence-electron chi connectivity index (χ2n) is 6.67. The topological polar surface area (TPSA) is 84.2 Å². The fourth-order valence-corrected chi connectivity index (χ4v) is 1.84. The third-order valence-corrected chi connectivity index (χ3v) is 3.58. The lowest BCUT2D eigenvalue weighted by atomic mass is 9.87. The molecule has 0 aromatic heterocycles. The first-order valence-corrected chi connectivity index (χ1v) is 7.25. The molecule has 1 atom stereocenters. The van der Waals surface area contributed by atoms with E-state index in [1.165, 1.54) is 0 Å². The first-order chi connectivity index (χ1) is 9.77. The van der Waals surface area contributed by atoms with Crippen LogP contribution in [0, 0.1) is 11.3 Å². The smallest absolute Gasteiger partial charge is 0.241 e. The van der Waals surface area contributed by atoms with E-state index >= 15 is 0 Å². The molecule has 5 nitrogen and oxygen atoms in total. The van der Waals surface area contributed by atoms with Gasteiger partial charge in [-0.3, -0.25) is 9.59 Å². The van der Waals surface area contributed by atoms with Crippen LogP contribution < -0.4 is 16.4 Å². The van der Waals surface area contributed by atoms with E-state index in [-0.39, 0.29) is 23.1 Å². The summed E-state index contributed by atoms with van der Waals surface area (Å²) in [5.74, 6) is 0.0352. The van der Waals surface area contributed by atoms with Gasteiger partial charge in [-0.2, -0.15) is 0 Å². The Labute approximate surface area is 125 Å². The second kappa shape index (κ2) is 5.85. The summed E-state index contributed by atoms with van der Waals surface area (Å²) < 4.78 is 0. The number of anilines is 2. The van der Waals surface area contributed by atoms with E-state index in [9.17, 15) is 9.59 Å². The van der Waals surface area contributed by atoms with Crippen LogP contribution in [0.2, 0.25) is 0 Å². The number of nitrogens with one attached hydrogen (secondary N) is 2. The van der Waals surface area contributed by atoms with Crippen LogP contribution in [0.3, 0.4) is 0 Å². The Hall–Kier alpha value is -1.88. The van der Waals surface area contributed by atoms with E-state index in [1.54, 1.807) is 24.3 Å². The largest absolute Gasteiger partial charge is 0.326 e. The summed E-state index contributed by atoms with van der Waals surface area (Å²) in [4.78, 5) is 23.7. The molecule has 1 aliphatic carbocycles. The Morgan fingerprint density at radius 2 is 1.57 bits per heavy atom. The molecule has 0 heterocycles. The van der Waals surface area contributed by atoms with Crippen molar-refractivity contribution in [2.24, 2.45) is 17.1 Å². The fourth-order valence-electron chi connectivity index (χ4n) is 1.84. The van der Waals surface area contributed by atoms with Gasteiger partial charge in [0.2, 0.25) is 11.8 Å². The standard InChI is InChI=1S/C16H23N3O2/c1-16(2,3)13(17)15(21)19-12-8-6-11(7-9-12)18-14(20)10-4-5-10/h6-10,13H,4-5,17H2,1-3H3,(H,18,20)(H,19,21)/t13-/m0/s1. The predicted octanol–water partition coefficient (Wildman–Crippen LogP) is 2.35. The zero-order valence-corrected chi connectivity index (χ0v) is 12.8. The van der Waals surface area contributed by atoms with E-state index in [4.69, 9.17) is 5.73 Å². The average Bonchev–Trinajstić information content (AvgIpc) is 3.23. The highest BCUT2D eigenvalue weighted by atomic mass is 16.2. The molecule has 1 aliphatic rings. The first kappa shape index (κ1) is 15.5. The van der Waals surface area contributed by atoms with E-state index in [2.05, 4.69) is 10.6 Å². The minimum atomic E-state index is -0.577. The maximum absolute atomic E-state index is 12.0. The average molecular weight is 289 g/mol. The summed E-state index contributed by atoms with van der Waals surface area (Å²) >= 11 is 0. The van der Waals surface area contributed by atoms with Crippen molar-refractivity contribution in [3.63, 3.8) is 0 Å². The fraction of sp³-hybridized carbons (Fsp3) is 0.500. The molecule has 0 unspecified atom stereocenters. The Morgan fingerprint density at radius 3 is 2.00 bits per heavy atom. The van der Waals surface area contributed by atoms with Crippen LogP contribution in [0.5, 0.6) is 0 Å². The van der Waals surface area contributed by atoms with Gasteiger partial charge in [0.25, 0.3) is 0 Å². The molecule has 2 rings (SSSR count). The summed E-state index contributed by atoms with van der Waals surface area (Å²) in [6, 6.07) is 6.49. The van der Waals surface area contributed by atoms with Crippen molar-refractivity contribution in [1.82, 2.24) is 0 Å². The predicted molar refractivity (Wildman–Crippen MR) is 83.9 cm³/mol. The molecule has 0 radical (unpaired) electrons. The molecule has 4 N–H and O–H groups in total. The Balaban J connectivity index is 1.92. The minimum absolute atomic E-state index is 0.0709. The Kier molecular flexibility index (Phi) is 4.32. The number of nitrogens with two attached hydrogens (primary N) is 1. The molecule has 0 spiro atoms. The van der Waals surface area contributed by atoms with Crippen molar-refractivity contribution in [2.75, 3.05) is 10.6 Å². The van der Waals surface area contributed by atoms with Crippen LogP contribution in [0.1, 0.15) is 33.6 Å². The van der Waals surface area contributed by atoms with Gasteiger partial charge >= 0.3 is 0 Å². The van der Waals surface area contributed by atoms with Crippen molar-refractivity contribution >= 4 is 23.2 Å². The zero-order chi connectivity index (χ0) is 15.6. The molecular weight excluding hydrogens is 266 g/mol. The van der Waals surface area contributed by atoms with Gasteiger partial charge in [0.05, 0.1) is 6.04 Å². The number of rotatable bonds is 4. The van der Waals surface area contributed by atoms with Crippen LogP contribution in [-0.2, 0) is 9.59 Å². The third-order valence-electron chi connectivity index (χ3n) is 3.58. The van der Waals surface area contributed by atoms with Gasteiger partial charge in [0, 0.05) is 17.3 Å². The van der Waals surface area contributed by atoms with Crippen molar-refractivity contribution in [3.05, 3.63) is 24.3 Å². The molecule has 0 aliphatic heterocycles. The van der Waals surface area contributed by atoms with Crippen molar-refractivity contribution < 1.29 is 9.59 Å². The quantitative estimate of drug-likeness (QED) is 0.795. The van der Waals surface area contributed by atoms with Crippen molar-refractivity contribution in [2.45, 2.75) is 39.7 Å². The van der Waals surface area contributed by atoms with Crippen molar-refractivity contribution in [3.8, 4) is 0 Å². The molecule has 0 saturated heterocycles. The number of benzene rings is 1. The van der Waals surface area contributed by atoms with Crippen molar-refractivity contribution in [1.29, 1.82) is 0 Å². The number of hydrogen-bond acceptors (Lipinski definition) is 3. The lowest BCUT2D eigenvalue weighted by molar-refractivity contribution is -0.119. The van der Waals surface area contributed by atoms with Crippen LogP contribution in [0.15, 0.2) is 24.3 Å². The Bertz CT molecular complexity index is 527. The molecule has 21 heavy (non-hydrogen) atoms. The van der Waals surface area contributed by atoms with Gasteiger partial charge < -0.3 is 16.4 Å². The third kappa shape index (κ3) is 4.29. The second-order valence-corrected chi connectivity index (χ2v) is 6.67. The lowest BCUT2D eigenvalue weighted by Crippen LogP contribution is -2.45. The molecule has 1 saturated carbocycles. The summed E-state index contributed by atoms with van der Waals surface area (Å²) in [6.45, 7) is 5.77. The molecule has 1 fully saturated rings. The van der Waals surface area contributed by atoms with Crippen LogP contribution in [0.25, 0.3) is 0 Å². The van der Waals surface area contributed by atoms with Crippen LogP contribution >= 0.6 is 0 Å². The van der Waals surface area contributed by atoms with Crippen LogP contribution in [-0.4, -0.2) is 17.9 Å². The highest BCUT2D eigenvalue weighted by Crippen LogP contribution is 2.30. The van der Waals surface area contributed by atoms with Gasteiger partial charge in [-0.05, 0) is 42.5 Å². The Morgan fingerprint density at radius 1 is 1.10 bits per heavy atom. The summed E-state index contributed by atoms with van der Waals surface area (Å²) in [5, 5.41) is 5.64. The molecule has 0 bridgehead atoms. The maximum atomic E-state index is 12.0. The number of carbonyl (C=O) groups is 2. The monoisotopic (exact) mass is 289 g/mol. The first-order valence-electron chi connectivity index (χ1n) is 7.25. The zero-order valence-electron chi connectivity index (χ0n) is 12.8. The summed E-state index contributed by atoms with van der Waals surface area (Å²) in [6.07, 6.45) is 1.95. The highest BCUT2D eigenvalue weighted by molar-refractivity contribution is 5.96.